The summed E-state index contributed by atoms with van der Waals surface area (Å²) in [6.07, 6.45) is -4.99. The van der Waals surface area contributed by atoms with E-state index in [1.807, 2.05) is 0 Å². The van der Waals surface area contributed by atoms with Crippen molar-refractivity contribution in [1.29, 1.82) is 0 Å². The van der Waals surface area contributed by atoms with Crippen molar-refractivity contribution in [2.75, 3.05) is 6.61 Å². The molecule has 0 heterocycles. The number of ether oxygens (including phenoxy) is 1. The number of esters is 1. The molecule has 2 rings (SSSR count). The highest BCUT2D eigenvalue weighted by Gasteiger charge is 2.33. The zero-order valence-corrected chi connectivity index (χ0v) is 17.3. The summed E-state index contributed by atoms with van der Waals surface area (Å²) in [6, 6.07) is 6.74. The standard InChI is InChI=1S/C21H20F3N3O6/c1-2-33-17(28)11-16(12-5-9-15(10-6-12)27(31)32)18(19(25)29)26-20(30)13-3-7-14(8-4-13)21(22,23)24/h3-10,16,18H,2,11H2,1H3,(H2,25,29)(H,26,30)/t16-,18-/m1/s1. The van der Waals surface area contributed by atoms with Crippen LogP contribution in [0, 0.1) is 10.1 Å². The highest BCUT2D eigenvalue weighted by atomic mass is 19.4. The maximum absolute atomic E-state index is 12.7. The third-order valence-corrected chi connectivity index (χ3v) is 4.69. The first-order chi connectivity index (χ1) is 15.4. The predicted molar refractivity (Wildman–Crippen MR) is 109 cm³/mol. The van der Waals surface area contributed by atoms with Gasteiger partial charge >= 0.3 is 12.1 Å². The van der Waals surface area contributed by atoms with Crippen molar-refractivity contribution in [3.63, 3.8) is 0 Å². The number of non-ortho nitro benzene ring substituents is 1. The van der Waals surface area contributed by atoms with Crippen molar-refractivity contribution >= 4 is 23.5 Å². The fourth-order valence-corrected chi connectivity index (χ4v) is 3.08. The molecular weight excluding hydrogens is 447 g/mol. The van der Waals surface area contributed by atoms with Crippen molar-refractivity contribution in [1.82, 2.24) is 5.32 Å². The summed E-state index contributed by atoms with van der Waals surface area (Å²) in [5.74, 6) is -3.69. The van der Waals surface area contributed by atoms with Gasteiger partial charge in [-0.3, -0.25) is 24.5 Å². The number of alkyl halides is 3. The van der Waals surface area contributed by atoms with E-state index in [1.54, 1.807) is 6.92 Å². The average molecular weight is 467 g/mol. The van der Waals surface area contributed by atoms with Gasteiger partial charge in [-0.05, 0) is 36.8 Å². The van der Waals surface area contributed by atoms with Gasteiger partial charge in [0.15, 0.2) is 0 Å². The van der Waals surface area contributed by atoms with Gasteiger partial charge in [-0.2, -0.15) is 13.2 Å². The lowest BCUT2D eigenvalue weighted by atomic mass is 9.87. The molecule has 2 atom stereocenters. The molecule has 0 radical (unpaired) electrons. The molecule has 0 unspecified atom stereocenters. The Labute approximate surface area is 185 Å². The summed E-state index contributed by atoms with van der Waals surface area (Å²) in [7, 11) is 0. The third-order valence-electron chi connectivity index (χ3n) is 4.69. The highest BCUT2D eigenvalue weighted by Crippen LogP contribution is 2.30. The molecule has 12 heteroatoms. The van der Waals surface area contributed by atoms with Crippen LogP contribution in [-0.2, 0) is 20.5 Å². The summed E-state index contributed by atoms with van der Waals surface area (Å²) in [5, 5.41) is 13.2. The van der Waals surface area contributed by atoms with Crippen molar-refractivity contribution in [3.05, 3.63) is 75.3 Å². The zero-order chi connectivity index (χ0) is 24.8. The molecule has 2 aromatic rings. The average Bonchev–Trinajstić information content (AvgIpc) is 2.75. The van der Waals surface area contributed by atoms with Crippen molar-refractivity contribution in [3.8, 4) is 0 Å². The van der Waals surface area contributed by atoms with Gasteiger partial charge in [0.05, 0.1) is 23.5 Å². The van der Waals surface area contributed by atoms with Crippen LogP contribution < -0.4 is 11.1 Å². The first-order valence-corrected chi connectivity index (χ1v) is 9.61. The topological polar surface area (TPSA) is 142 Å². The Bertz CT molecular complexity index is 1020. The molecule has 0 aliphatic heterocycles. The number of amides is 2. The van der Waals surface area contributed by atoms with E-state index in [-0.39, 0.29) is 23.4 Å². The van der Waals surface area contributed by atoms with Crippen molar-refractivity contribution < 1.29 is 37.2 Å². The maximum Gasteiger partial charge on any atom is 0.416 e. The molecular formula is C21H20F3N3O6. The highest BCUT2D eigenvalue weighted by molar-refractivity contribution is 5.97. The van der Waals surface area contributed by atoms with Crippen molar-refractivity contribution in [2.45, 2.75) is 31.5 Å². The van der Waals surface area contributed by atoms with Crippen LogP contribution >= 0.6 is 0 Å². The number of benzene rings is 2. The van der Waals surface area contributed by atoms with E-state index >= 15 is 0 Å². The minimum absolute atomic E-state index is 0.0466. The lowest BCUT2D eigenvalue weighted by Crippen LogP contribution is -2.48. The number of nitrogens with two attached hydrogens (primary N) is 1. The van der Waals surface area contributed by atoms with Gasteiger partial charge in [0.2, 0.25) is 5.91 Å². The minimum atomic E-state index is -4.59. The fourth-order valence-electron chi connectivity index (χ4n) is 3.08. The number of halogens is 3. The molecule has 0 saturated carbocycles. The Morgan fingerprint density at radius 3 is 2.12 bits per heavy atom. The van der Waals surface area contributed by atoms with Crippen LogP contribution in [0.25, 0.3) is 0 Å². The second kappa shape index (κ2) is 10.6. The number of nitro groups is 1. The number of primary amides is 1. The van der Waals surface area contributed by atoms with Crippen LogP contribution in [-0.4, -0.2) is 35.4 Å². The van der Waals surface area contributed by atoms with Crippen LogP contribution in [0.2, 0.25) is 0 Å². The van der Waals surface area contributed by atoms with Crippen molar-refractivity contribution in [2.24, 2.45) is 5.73 Å². The number of hydrogen-bond acceptors (Lipinski definition) is 6. The quantitative estimate of drug-likeness (QED) is 0.330. The largest absolute Gasteiger partial charge is 0.466 e. The minimum Gasteiger partial charge on any atom is -0.466 e. The Kier molecular flexibility index (Phi) is 8.10. The molecule has 0 saturated heterocycles. The van der Waals surface area contributed by atoms with E-state index in [0.717, 1.165) is 24.3 Å². The van der Waals surface area contributed by atoms with Gasteiger partial charge in [-0.1, -0.05) is 12.1 Å². The van der Waals surface area contributed by atoms with Crippen LogP contribution in [0.5, 0.6) is 0 Å². The first-order valence-electron chi connectivity index (χ1n) is 9.61. The van der Waals surface area contributed by atoms with E-state index in [2.05, 4.69) is 5.32 Å². The number of hydrogen-bond donors (Lipinski definition) is 2. The van der Waals surface area contributed by atoms with Gasteiger partial charge in [0.25, 0.3) is 11.6 Å². The second-order valence-corrected chi connectivity index (χ2v) is 6.89. The van der Waals surface area contributed by atoms with Gasteiger partial charge in [0.1, 0.15) is 6.04 Å². The smallest absolute Gasteiger partial charge is 0.416 e. The van der Waals surface area contributed by atoms with Gasteiger partial charge < -0.3 is 15.8 Å². The van der Waals surface area contributed by atoms with Crippen LogP contribution in [0.3, 0.4) is 0 Å². The molecule has 3 N–H and O–H groups in total. The molecule has 176 valence electrons. The van der Waals surface area contributed by atoms with E-state index in [9.17, 15) is 37.7 Å². The van der Waals surface area contributed by atoms with Gasteiger partial charge in [-0.15, -0.1) is 0 Å². The number of nitrogens with zero attached hydrogens (tertiary/aromatic N) is 1. The van der Waals surface area contributed by atoms with E-state index in [0.29, 0.717) is 12.1 Å². The summed E-state index contributed by atoms with van der Waals surface area (Å²) in [4.78, 5) is 47.2. The summed E-state index contributed by atoms with van der Waals surface area (Å²) >= 11 is 0. The molecule has 0 bridgehead atoms. The van der Waals surface area contributed by atoms with Crippen LogP contribution in [0.15, 0.2) is 48.5 Å². The Morgan fingerprint density at radius 2 is 1.67 bits per heavy atom. The monoisotopic (exact) mass is 467 g/mol. The molecule has 2 aromatic carbocycles. The fraction of sp³-hybridized carbons (Fsp3) is 0.286. The molecule has 9 nitrogen and oxygen atoms in total. The van der Waals surface area contributed by atoms with Gasteiger partial charge in [-0.25, -0.2) is 0 Å². The molecule has 0 spiro atoms. The number of rotatable bonds is 9. The number of nitrogens with one attached hydrogen (secondary N) is 1. The Balaban J connectivity index is 2.35. The molecule has 33 heavy (non-hydrogen) atoms. The predicted octanol–water partition coefficient (Wildman–Crippen LogP) is 2.93. The molecule has 2 amide bonds. The Hall–Kier alpha value is -3.96. The third kappa shape index (κ3) is 6.76. The zero-order valence-electron chi connectivity index (χ0n) is 17.3. The van der Waals surface area contributed by atoms with Crippen LogP contribution in [0.1, 0.15) is 40.7 Å². The maximum atomic E-state index is 12.7. The van der Waals surface area contributed by atoms with Gasteiger partial charge in [0, 0.05) is 23.6 Å². The SMILES string of the molecule is CCOC(=O)C[C@H](c1ccc([N+](=O)[O-])cc1)[C@@H](NC(=O)c1ccc(C(F)(F)F)cc1)C(N)=O. The van der Waals surface area contributed by atoms with E-state index in [1.165, 1.54) is 12.1 Å². The summed E-state index contributed by atoms with van der Waals surface area (Å²) in [5.41, 5.74) is 4.36. The molecule has 0 aliphatic carbocycles. The normalized spacial score (nSPS) is 13.0. The lowest BCUT2D eigenvalue weighted by molar-refractivity contribution is -0.384. The first kappa shape index (κ1) is 25.3. The van der Waals surface area contributed by atoms with E-state index in [4.69, 9.17) is 10.5 Å². The molecule has 0 aromatic heterocycles. The number of carbonyl (C=O) groups is 3. The Morgan fingerprint density at radius 1 is 1.09 bits per heavy atom. The number of carbonyl (C=O) groups excluding carboxylic acids is 3. The summed E-state index contributed by atoms with van der Waals surface area (Å²) in [6.45, 7) is 1.61. The number of nitro benzene ring substituents is 1. The lowest BCUT2D eigenvalue weighted by Gasteiger charge is -2.25. The van der Waals surface area contributed by atoms with Crippen LogP contribution in [0.4, 0.5) is 18.9 Å². The van der Waals surface area contributed by atoms with E-state index < -0.39 is 52.8 Å². The molecule has 0 aliphatic rings. The second-order valence-electron chi connectivity index (χ2n) is 6.89. The molecule has 0 fully saturated rings. The summed E-state index contributed by atoms with van der Waals surface area (Å²) < 4.78 is 43.1.